The quantitative estimate of drug-likeness (QED) is 0.222. The van der Waals surface area contributed by atoms with E-state index in [9.17, 15) is 14.4 Å². The Hall–Kier alpha value is -1.63. The van der Waals surface area contributed by atoms with Crippen molar-refractivity contribution in [3.05, 3.63) is 0 Å². The smallest absolute Gasteiger partial charge is 0.332 e. The molecule has 5 aliphatic carbocycles. The fourth-order valence-electron chi connectivity index (χ4n) is 12.6. The van der Waals surface area contributed by atoms with E-state index in [0.717, 1.165) is 51.4 Å². The largest absolute Gasteiger partial charge is 0.460 e. The summed E-state index contributed by atoms with van der Waals surface area (Å²) in [4.78, 5) is 37.7. The number of hydrogen-bond donors (Lipinski definition) is 0. The standard InChI is InChI=1S/C36H58O7/c1-22(2)24-12-17-36(31(39)42-21-41-23(3)37)19-18-34(7)25(30(24)36)10-11-27-33(6)15-14-28(43-29(38)20-40-9)32(4,5)26(33)13-16-35(27,34)8/h22,24-28,30H,10-21H2,1-9H3/t24?,25-,26?,27-,28+,30?,33+,34-,35-,36+/m1/s1. The van der Waals surface area contributed by atoms with E-state index >= 15 is 0 Å². The minimum atomic E-state index is -0.476. The maximum Gasteiger partial charge on any atom is 0.332 e. The van der Waals surface area contributed by atoms with Crippen LogP contribution in [0.1, 0.15) is 120 Å². The average Bonchev–Trinajstić information content (AvgIpc) is 3.32. The van der Waals surface area contributed by atoms with Crippen LogP contribution in [-0.4, -0.2) is 44.5 Å². The van der Waals surface area contributed by atoms with Gasteiger partial charge in [-0.25, -0.2) is 4.79 Å². The third-order valence-electron chi connectivity index (χ3n) is 14.7. The van der Waals surface area contributed by atoms with Gasteiger partial charge in [0, 0.05) is 19.4 Å². The van der Waals surface area contributed by atoms with Gasteiger partial charge in [0.25, 0.3) is 0 Å². The van der Waals surface area contributed by atoms with Crippen LogP contribution in [-0.2, 0) is 33.3 Å². The van der Waals surface area contributed by atoms with Gasteiger partial charge in [-0.05, 0) is 116 Å². The van der Waals surface area contributed by atoms with Gasteiger partial charge >= 0.3 is 17.9 Å². The first-order valence-electron chi connectivity index (χ1n) is 17.1. The molecule has 0 heterocycles. The summed E-state index contributed by atoms with van der Waals surface area (Å²) in [6.45, 7) is 18.1. The Kier molecular flexibility index (Phi) is 8.62. The lowest BCUT2D eigenvalue weighted by atomic mass is 9.32. The fourth-order valence-corrected chi connectivity index (χ4v) is 12.6. The Balaban J connectivity index is 1.44. The second-order valence-electron chi connectivity index (χ2n) is 16.8. The van der Waals surface area contributed by atoms with Gasteiger partial charge < -0.3 is 18.9 Å². The van der Waals surface area contributed by atoms with Crippen molar-refractivity contribution in [1.29, 1.82) is 0 Å². The first kappa shape index (κ1) is 32.8. The zero-order valence-corrected chi connectivity index (χ0v) is 28.4. The molecule has 0 aliphatic heterocycles. The van der Waals surface area contributed by atoms with Crippen LogP contribution in [0.4, 0.5) is 0 Å². The number of rotatable bonds is 7. The molecule has 7 nitrogen and oxygen atoms in total. The van der Waals surface area contributed by atoms with Crippen molar-refractivity contribution < 1.29 is 33.3 Å². The molecular formula is C36H58O7. The normalized spacial score (nSPS) is 44.8. The van der Waals surface area contributed by atoms with Gasteiger partial charge in [-0.1, -0.05) is 48.5 Å². The molecule has 0 saturated heterocycles. The second kappa shape index (κ2) is 11.3. The van der Waals surface area contributed by atoms with E-state index < -0.39 is 11.4 Å². The summed E-state index contributed by atoms with van der Waals surface area (Å²) in [5.41, 5.74) is -0.0849. The molecule has 5 rings (SSSR count). The lowest BCUT2D eigenvalue weighted by Gasteiger charge is -2.72. The topological polar surface area (TPSA) is 88.1 Å². The van der Waals surface area contributed by atoms with Crippen LogP contribution in [0.25, 0.3) is 0 Å². The summed E-state index contributed by atoms with van der Waals surface area (Å²) in [7, 11) is 1.54. The number of esters is 3. The number of carbonyl (C=O) groups is 3. The van der Waals surface area contributed by atoms with Gasteiger partial charge in [-0.3, -0.25) is 9.59 Å². The van der Waals surface area contributed by atoms with E-state index in [0.29, 0.717) is 35.5 Å². The van der Waals surface area contributed by atoms with Crippen LogP contribution in [0.15, 0.2) is 0 Å². The molecule has 7 heteroatoms. The van der Waals surface area contributed by atoms with Crippen LogP contribution in [0.5, 0.6) is 0 Å². The van der Waals surface area contributed by atoms with Gasteiger partial charge in [-0.2, -0.15) is 0 Å². The fraction of sp³-hybridized carbons (Fsp3) is 0.917. The SMILES string of the molecule is COCC(=O)O[C@H]1CC[C@@]2(C)C(CC[C@]3(C)[C@@H]2CC[C@@H]2C4C(C(C)C)CC[C@]4(C(=O)OCOC(C)=O)CC[C@]23C)C1(C)C. The van der Waals surface area contributed by atoms with E-state index in [2.05, 4.69) is 48.5 Å². The van der Waals surface area contributed by atoms with Gasteiger partial charge in [0.05, 0.1) is 5.41 Å². The van der Waals surface area contributed by atoms with Crippen molar-refractivity contribution in [2.45, 2.75) is 126 Å². The minimum absolute atomic E-state index is 0.00623. The predicted octanol–water partition coefficient (Wildman–Crippen LogP) is 7.35. The first-order chi connectivity index (χ1) is 20.1. The van der Waals surface area contributed by atoms with Crippen LogP contribution in [0.3, 0.4) is 0 Å². The Morgan fingerprint density at radius 1 is 0.791 bits per heavy atom. The van der Waals surface area contributed by atoms with Gasteiger partial charge in [0.15, 0.2) is 0 Å². The van der Waals surface area contributed by atoms with E-state index in [1.807, 2.05) is 0 Å². The number of carbonyl (C=O) groups excluding carboxylic acids is 3. The number of methoxy groups -OCH3 is 1. The zero-order valence-electron chi connectivity index (χ0n) is 28.4. The molecule has 0 aromatic heterocycles. The van der Waals surface area contributed by atoms with Crippen LogP contribution in [0, 0.1) is 62.6 Å². The molecule has 0 N–H and O–H groups in total. The average molecular weight is 603 g/mol. The Morgan fingerprint density at radius 2 is 1.51 bits per heavy atom. The van der Waals surface area contributed by atoms with Crippen molar-refractivity contribution in [1.82, 2.24) is 0 Å². The first-order valence-corrected chi connectivity index (χ1v) is 17.1. The van der Waals surface area contributed by atoms with E-state index in [1.54, 1.807) is 7.11 Å². The highest BCUT2D eigenvalue weighted by molar-refractivity contribution is 5.78. The van der Waals surface area contributed by atoms with Crippen molar-refractivity contribution in [2.75, 3.05) is 20.5 Å². The van der Waals surface area contributed by atoms with Crippen molar-refractivity contribution in [3.8, 4) is 0 Å². The maximum atomic E-state index is 13.9. The second-order valence-corrected chi connectivity index (χ2v) is 16.8. The molecule has 244 valence electrons. The van der Waals surface area contributed by atoms with Gasteiger partial charge in [0.1, 0.15) is 12.7 Å². The number of hydrogen-bond acceptors (Lipinski definition) is 7. The lowest BCUT2D eigenvalue weighted by molar-refractivity contribution is -0.253. The summed E-state index contributed by atoms with van der Waals surface area (Å²) < 4.78 is 21.8. The third-order valence-corrected chi connectivity index (χ3v) is 14.7. The monoisotopic (exact) mass is 602 g/mol. The highest BCUT2D eigenvalue weighted by Crippen LogP contribution is 2.77. The molecule has 0 spiro atoms. The summed E-state index contributed by atoms with van der Waals surface area (Å²) in [6.07, 6.45) is 10.4. The van der Waals surface area contributed by atoms with Crippen LogP contribution < -0.4 is 0 Å². The Bertz CT molecular complexity index is 1100. The summed E-state index contributed by atoms with van der Waals surface area (Å²) in [5.74, 6) is 2.02. The molecule has 0 bridgehead atoms. The molecular weight excluding hydrogens is 544 g/mol. The van der Waals surface area contributed by atoms with E-state index in [-0.39, 0.29) is 53.1 Å². The molecule has 10 atom stereocenters. The van der Waals surface area contributed by atoms with Gasteiger partial charge in [0.2, 0.25) is 6.79 Å². The summed E-state index contributed by atoms with van der Waals surface area (Å²) in [5, 5.41) is 0. The molecule has 0 aromatic rings. The maximum absolute atomic E-state index is 13.9. The number of fused-ring (bicyclic) bond motifs is 7. The molecule has 0 radical (unpaired) electrons. The van der Waals surface area contributed by atoms with Crippen LogP contribution >= 0.6 is 0 Å². The minimum Gasteiger partial charge on any atom is -0.460 e. The number of ether oxygens (including phenoxy) is 4. The third kappa shape index (κ3) is 4.88. The summed E-state index contributed by atoms with van der Waals surface area (Å²) in [6, 6.07) is 0. The molecule has 5 fully saturated rings. The summed E-state index contributed by atoms with van der Waals surface area (Å²) >= 11 is 0. The molecule has 3 unspecified atom stereocenters. The molecule has 5 aliphatic rings. The van der Waals surface area contributed by atoms with Gasteiger partial charge in [-0.15, -0.1) is 0 Å². The Labute approximate surface area is 259 Å². The molecule has 0 aromatic carbocycles. The van der Waals surface area contributed by atoms with Crippen molar-refractivity contribution in [2.24, 2.45) is 62.6 Å². The predicted molar refractivity (Wildman–Crippen MR) is 163 cm³/mol. The van der Waals surface area contributed by atoms with Crippen molar-refractivity contribution in [3.63, 3.8) is 0 Å². The molecule has 0 amide bonds. The Morgan fingerprint density at radius 3 is 2.16 bits per heavy atom. The lowest BCUT2D eigenvalue weighted by Crippen LogP contribution is -2.67. The molecule has 43 heavy (non-hydrogen) atoms. The zero-order chi connectivity index (χ0) is 31.6. The highest BCUT2D eigenvalue weighted by Gasteiger charge is 2.72. The van der Waals surface area contributed by atoms with Crippen LogP contribution in [0.2, 0.25) is 0 Å². The highest BCUT2D eigenvalue weighted by atomic mass is 16.7. The van der Waals surface area contributed by atoms with E-state index in [1.165, 1.54) is 19.8 Å². The van der Waals surface area contributed by atoms with Crippen molar-refractivity contribution >= 4 is 17.9 Å². The van der Waals surface area contributed by atoms with E-state index in [4.69, 9.17) is 18.9 Å². The molecule has 5 saturated carbocycles.